The smallest absolute Gasteiger partial charge is 0.490 e. The van der Waals surface area contributed by atoms with E-state index in [1.807, 2.05) is 0 Å². The summed E-state index contributed by atoms with van der Waals surface area (Å²) in [6.07, 6.45) is -14.2. The lowest BCUT2D eigenvalue weighted by Gasteiger charge is -2.18. The van der Waals surface area contributed by atoms with Gasteiger partial charge < -0.3 is 14.0 Å². The highest BCUT2D eigenvalue weighted by atomic mass is 31.1. The van der Waals surface area contributed by atoms with Crippen LogP contribution in [-0.4, -0.2) is 7.32 Å². The van der Waals surface area contributed by atoms with E-state index in [4.69, 9.17) is 14.0 Å². The maximum Gasteiger partial charge on any atom is 0.864 e. The van der Waals surface area contributed by atoms with Crippen LogP contribution in [0.15, 0.2) is 164 Å². The van der Waals surface area contributed by atoms with Crippen molar-refractivity contribution in [1.82, 2.24) is 0 Å². The van der Waals surface area contributed by atoms with Crippen molar-refractivity contribution < 1.29 is 53.5 Å². The molecule has 0 amide bonds. The summed E-state index contributed by atoms with van der Waals surface area (Å²) in [5, 5.41) is 4.19. The number of hydrogen-bond donors (Lipinski definition) is 0. The molecule has 0 radical (unpaired) electrons. The first kappa shape index (κ1) is 38.8. The summed E-state index contributed by atoms with van der Waals surface area (Å²) < 4.78 is 132. The van der Waals surface area contributed by atoms with Gasteiger partial charge in [0.2, 0.25) is 0 Å². The van der Waals surface area contributed by atoms with E-state index >= 15 is 0 Å². The summed E-state index contributed by atoms with van der Waals surface area (Å²) in [7, 11) is -2.49. The van der Waals surface area contributed by atoms with E-state index in [-0.39, 0.29) is 0 Å². The Morgan fingerprint density at radius 3 is 0.849 bits per heavy atom. The van der Waals surface area contributed by atoms with Gasteiger partial charge in [0.05, 0.1) is 16.7 Å². The highest BCUT2D eigenvalue weighted by Crippen LogP contribution is 2.35. The van der Waals surface area contributed by atoms with Crippen LogP contribution < -0.4 is 29.9 Å². The fourth-order valence-corrected chi connectivity index (χ4v) is 7.13. The number of benzene rings is 6. The van der Waals surface area contributed by atoms with E-state index in [1.165, 1.54) is 15.9 Å². The topological polar surface area (TPSA) is 27.7 Å². The van der Waals surface area contributed by atoms with Crippen molar-refractivity contribution in [3.05, 3.63) is 180 Å². The zero-order chi connectivity index (χ0) is 38.1. The zero-order valence-corrected chi connectivity index (χ0v) is 28.1. The second kappa shape index (κ2) is 16.9. The summed E-state index contributed by atoms with van der Waals surface area (Å²) >= 11 is 0. The molecule has 0 aliphatic rings. The molecule has 53 heavy (non-hydrogen) atoms. The first-order valence-electron chi connectivity index (χ1n) is 15.6. The predicted molar refractivity (Wildman–Crippen MR) is 187 cm³/mol. The first-order chi connectivity index (χ1) is 25.2. The Morgan fingerprint density at radius 1 is 0.340 bits per heavy atom. The second-order valence-corrected chi connectivity index (χ2v) is 13.3. The molecule has 0 saturated carbocycles. The van der Waals surface area contributed by atoms with Crippen molar-refractivity contribution in [2.24, 2.45) is 0 Å². The first-order valence-corrected chi connectivity index (χ1v) is 17.0. The molecule has 0 spiro atoms. The third kappa shape index (κ3) is 11.3. The molecule has 0 saturated heterocycles. The molecule has 0 heterocycles. The number of hydrogen-bond acceptors (Lipinski definition) is 3. The average molecular weight is 756 g/mol. The highest BCUT2D eigenvalue weighted by Gasteiger charge is 2.36. The molecule has 3 nitrogen and oxygen atoms in total. The minimum absolute atomic E-state index is 0.446. The van der Waals surface area contributed by atoms with Crippen LogP contribution in [0.5, 0.6) is 17.2 Å². The molecule has 0 aromatic heterocycles. The van der Waals surface area contributed by atoms with Gasteiger partial charge in [-0.15, -0.1) is 0 Å². The zero-order valence-electron chi connectivity index (χ0n) is 27.2. The Morgan fingerprint density at radius 2 is 0.604 bits per heavy atom. The molecule has 6 aromatic rings. The fourth-order valence-electron chi connectivity index (χ4n) is 4.82. The maximum absolute atomic E-state index is 13.0. The van der Waals surface area contributed by atoms with E-state index in [0.717, 1.165) is 54.6 Å². The van der Waals surface area contributed by atoms with E-state index in [1.54, 1.807) is 0 Å². The molecule has 0 atom stereocenters. The van der Waals surface area contributed by atoms with Crippen LogP contribution in [-0.2, 0) is 18.5 Å². The van der Waals surface area contributed by atoms with E-state index < -0.39 is 67.7 Å². The Labute approximate surface area is 300 Å². The number of halogens is 9. The van der Waals surface area contributed by atoms with Crippen molar-refractivity contribution in [3.63, 3.8) is 0 Å². The molecule has 14 heteroatoms. The highest BCUT2D eigenvalue weighted by molar-refractivity contribution is 7.79. The lowest BCUT2D eigenvalue weighted by molar-refractivity contribution is -0.138. The summed E-state index contributed by atoms with van der Waals surface area (Å²) in [5.74, 6) is -1.38. The number of rotatable bonds is 9. The Kier molecular flexibility index (Phi) is 12.4. The predicted octanol–water partition coefficient (Wildman–Crippen LogP) is 10.7. The lowest BCUT2D eigenvalue weighted by atomic mass is 10.1. The maximum atomic E-state index is 13.0. The van der Waals surface area contributed by atoms with Gasteiger partial charge in [0.25, 0.3) is 0 Å². The standard InChI is InChI=1S/C21H12BF9O3.C18H15P/c23-19(24,25)13-4-1-7-16(10-13)32-22(33-17-8-2-5-14(11-17)20(26,27)28)34-18-9-3-6-15(12-18)21(29,30)31;1-4-10-16(11-5-1)19(17-12-6-2-7-13-17)18-14-8-3-9-15-18/h1-12H;1-15H. The number of alkyl halides is 9. The van der Waals surface area contributed by atoms with Crippen LogP contribution in [0, 0.1) is 0 Å². The van der Waals surface area contributed by atoms with Crippen molar-refractivity contribution in [2.75, 3.05) is 0 Å². The van der Waals surface area contributed by atoms with Crippen LogP contribution >= 0.6 is 7.92 Å². The minimum atomic E-state index is -4.74. The third-order valence-corrected chi connectivity index (χ3v) is 9.67. The van der Waals surface area contributed by atoms with Crippen LogP contribution in [0.4, 0.5) is 39.5 Å². The van der Waals surface area contributed by atoms with Crippen LogP contribution in [0.25, 0.3) is 0 Å². The quantitative estimate of drug-likeness (QED) is 0.0836. The van der Waals surface area contributed by atoms with Gasteiger partial charge in [0, 0.05) is 0 Å². The SMILES string of the molecule is FC(F)(F)c1cccc(OB(Oc2cccc(C(F)(F)F)c2)Oc2cccc(C(F)(F)F)c2)c1.c1ccc(P(c2ccccc2)c2ccccc2)cc1. The van der Waals surface area contributed by atoms with Gasteiger partial charge in [0.15, 0.2) is 0 Å². The van der Waals surface area contributed by atoms with E-state index in [0.29, 0.717) is 18.2 Å². The summed E-state index contributed by atoms with van der Waals surface area (Å²) in [6, 6.07) is 42.4. The lowest BCUT2D eigenvalue weighted by Crippen LogP contribution is -2.37. The largest absolute Gasteiger partial charge is 0.864 e. The fraction of sp³-hybridized carbons (Fsp3) is 0.0769. The summed E-state index contributed by atoms with van der Waals surface area (Å²) in [4.78, 5) is 0. The van der Waals surface area contributed by atoms with E-state index in [9.17, 15) is 39.5 Å². The molecule has 0 aliphatic heterocycles. The molecular weight excluding hydrogens is 729 g/mol. The van der Waals surface area contributed by atoms with Crippen LogP contribution in [0.3, 0.4) is 0 Å². The Balaban J connectivity index is 0.000000239. The normalized spacial score (nSPS) is 11.7. The monoisotopic (exact) mass is 756 g/mol. The molecule has 0 bridgehead atoms. The van der Waals surface area contributed by atoms with Crippen LogP contribution in [0.1, 0.15) is 16.7 Å². The van der Waals surface area contributed by atoms with Crippen molar-refractivity contribution in [1.29, 1.82) is 0 Å². The molecular formula is C39H27BF9O3P. The van der Waals surface area contributed by atoms with Crippen molar-refractivity contribution in [3.8, 4) is 17.2 Å². The molecule has 0 N–H and O–H groups in total. The Bertz CT molecular complexity index is 1810. The molecule has 0 unspecified atom stereocenters. The van der Waals surface area contributed by atoms with Gasteiger partial charge in [-0.3, -0.25) is 0 Å². The second-order valence-electron chi connectivity index (χ2n) is 11.1. The van der Waals surface area contributed by atoms with Gasteiger partial charge in [-0.25, -0.2) is 0 Å². The van der Waals surface area contributed by atoms with Crippen molar-refractivity contribution in [2.45, 2.75) is 18.5 Å². The average Bonchev–Trinajstić information content (AvgIpc) is 3.13. The molecule has 0 aliphatic carbocycles. The minimum Gasteiger partial charge on any atom is -0.490 e. The molecule has 0 fully saturated rings. The summed E-state index contributed by atoms with van der Waals surface area (Å²) in [5.41, 5.74) is -3.33. The third-order valence-electron chi connectivity index (χ3n) is 7.22. The van der Waals surface area contributed by atoms with Crippen LogP contribution in [0.2, 0.25) is 0 Å². The molecule has 272 valence electrons. The summed E-state index contributed by atoms with van der Waals surface area (Å²) in [6.45, 7) is 0. The van der Waals surface area contributed by atoms with Gasteiger partial charge in [-0.1, -0.05) is 109 Å². The van der Waals surface area contributed by atoms with Crippen molar-refractivity contribution >= 4 is 31.2 Å². The van der Waals surface area contributed by atoms with E-state index in [2.05, 4.69) is 91.0 Å². The molecule has 6 aromatic carbocycles. The van der Waals surface area contributed by atoms with Gasteiger partial charge in [-0.05, 0) is 78.4 Å². The van der Waals surface area contributed by atoms with Gasteiger partial charge in [0.1, 0.15) is 17.2 Å². The Hall–Kier alpha value is -5.42. The van der Waals surface area contributed by atoms with Gasteiger partial charge in [-0.2, -0.15) is 39.5 Å². The van der Waals surface area contributed by atoms with Gasteiger partial charge >= 0.3 is 25.9 Å². The molecule has 6 rings (SSSR count).